The Balaban J connectivity index is 1.96. The fourth-order valence-corrected chi connectivity index (χ4v) is 3.94. The maximum Gasteiger partial charge on any atom is 0.267 e. The van der Waals surface area contributed by atoms with E-state index in [1.165, 1.54) is 11.3 Å². The number of hydrogen-bond donors (Lipinski definition) is 1. The van der Waals surface area contributed by atoms with Crippen LogP contribution in [0.1, 0.15) is 20.8 Å². The number of anilines is 1. The average molecular weight is 346 g/mol. The first-order chi connectivity index (χ1) is 11.0. The van der Waals surface area contributed by atoms with E-state index >= 15 is 0 Å². The van der Waals surface area contributed by atoms with Crippen molar-refractivity contribution in [1.82, 2.24) is 0 Å². The van der Waals surface area contributed by atoms with E-state index in [1.807, 2.05) is 44.2 Å². The van der Waals surface area contributed by atoms with Gasteiger partial charge in [-0.2, -0.15) is 0 Å². The number of methoxy groups -OCH3 is 1. The van der Waals surface area contributed by atoms with Gasteiger partial charge in [0.25, 0.3) is 5.91 Å². The fourth-order valence-electron chi connectivity index (χ4n) is 2.55. The molecule has 0 aliphatic heterocycles. The van der Waals surface area contributed by atoms with Crippen LogP contribution in [0.15, 0.2) is 36.4 Å². The second-order valence-electron chi connectivity index (χ2n) is 5.44. The van der Waals surface area contributed by atoms with Gasteiger partial charge in [0, 0.05) is 15.8 Å². The molecule has 0 unspecified atom stereocenters. The summed E-state index contributed by atoms with van der Waals surface area (Å²) in [6.45, 7) is 4.00. The quantitative estimate of drug-likeness (QED) is 0.687. The van der Waals surface area contributed by atoms with E-state index in [2.05, 4.69) is 11.4 Å². The van der Waals surface area contributed by atoms with Crippen LogP contribution >= 0.6 is 22.9 Å². The molecule has 1 N–H and O–H groups in total. The summed E-state index contributed by atoms with van der Waals surface area (Å²) in [6, 6.07) is 11.6. The number of rotatable bonds is 3. The second kappa shape index (κ2) is 6.22. The van der Waals surface area contributed by atoms with E-state index in [-0.39, 0.29) is 5.91 Å². The summed E-state index contributed by atoms with van der Waals surface area (Å²) in [5.41, 5.74) is 2.98. The van der Waals surface area contributed by atoms with Gasteiger partial charge < -0.3 is 10.1 Å². The van der Waals surface area contributed by atoms with Gasteiger partial charge in [-0.05, 0) is 55.3 Å². The molecule has 0 bridgehead atoms. The molecule has 0 fully saturated rings. The van der Waals surface area contributed by atoms with Gasteiger partial charge in [-0.1, -0.05) is 17.7 Å². The highest BCUT2D eigenvalue weighted by molar-refractivity contribution is 7.21. The summed E-state index contributed by atoms with van der Waals surface area (Å²) in [6.07, 6.45) is 0. The van der Waals surface area contributed by atoms with E-state index in [0.29, 0.717) is 9.90 Å². The number of amides is 1. The normalized spacial score (nSPS) is 10.8. The molecule has 23 heavy (non-hydrogen) atoms. The van der Waals surface area contributed by atoms with Crippen LogP contribution in [0.2, 0.25) is 5.02 Å². The van der Waals surface area contributed by atoms with Crippen molar-refractivity contribution in [3.8, 4) is 5.75 Å². The SMILES string of the molecule is COc1ccc2sc(C(=O)Nc3cc(C)cc(C)c3)c(Cl)c2c1. The third-order valence-corrected chi connectivity index (χ3v) is 5.19. The van der Waals surface area contributed by atoms with Crippen molar-refractivity contribution in [2.24, 2.45) is 0 Å². The summed E-state index contributed by atoms with van der Waals surface area (Å²) in [4.78, 5) is 13.1. The van der Waals surface area contributed by atoms with Gasteiger partial charge in [-0.25, -0.2) is 0 Å². The van der Waals surface area contributed by atoms with Gasteiger partial charge in [0.05, 0.1) is 12.1 Å². The van der Waals surface area contributed by atoms with Crippen molar-refractivity contribution in [1.29, 1.82) is 0 Å². The van der Waals surface area contributed by atoms with E-state index in [1.54, 1.807) is 7.11 Å². The minimum atomic E-state index is -0.194. The van der Waals surface area contributed by atoms with Crippen molar-refractivity contribution in [2.75, 3.05) is 12.4 Å². The molecule has 0 aliphatic carbocycles. The summed E-state index contributed by atoms with van der Waals surface area (Å²) in [5, 5.41) is 4.22. The maximum absolute atomic E-state index is 12.6. The first-order valence-electron chi connectivity index (χ1n) is 7.13. The van der Waals surface area contributed by atoms with E-state index < -0.39 is 0 Å². The van der Waals surface area contributed by atoms with Crippen LogP contribution in [0, 0.1) is 13.8 Å². The Morgan fingerprint density at radius 3 is 2.48 bits per heavy atom. The van der Waals surface area contributed by atoms with Gasteiger partial charge in [0.1, 0.15) is 10.6 Å². The van der Waals surface area contributed by atoms with Crippen LogP contribution < -0.4 is 10.1 Å². The first-order valence-corrected chi connectivity index (χ1v) is 8.33. The molecule has 5 heteroatoms. The number of ether oxygens (including phenoxy) is 1. The summed E-state index contributed by atoms with van der Waals surface area (Å²) in [5.74, 6) is 0.527. The molecule has 2 aromatic carbocycles. The smallest absolute Gasteiger partial charge is 0.267 e. The van der Waals surface area contributed by atoms with Crippen LogP contribution in [0.5, 0.6) is 5.75 Å². The molecule has 0 aliphatic rings. The zero-order chi connectivity index (χ0) is 16.6. The number of benzene rings is 2. The van der Waals surface area contributed by atoms with Crippen molar-refractivity contribution in [2.45, 2.75) is 13.8 Å². The molecule has 0 spiro atoms. The van der Waals surface area contributed by atoms with Crippen molar-refractivity contribution < 1.29 is 9.53 Å². The molecular weight excluding hydrogens is 330 g/mol. The first kappa shape index (κ1) is 15.8. The molecule has 118 valence electrons. The largest absolute Gasteiger partial charge is 0.497 e. The maximum atomic E-state index is 12.6. The van der Waals surface area contributed by atoms with Crippen molar-refractivity contribution in [3.05, 3.63) is 57.4 Å². The van der Waals surface area contributed by atoms with Crippen LogP contribution in [0.4, 0.5) is 5.69 Å². The summed E-state index contributed by atoms with van der Waals surface area (Å²) < 4.78 is 6.17. The molecule has 3 aromatic rings. The Morgan fingerprint density at radius 1 is 1.13 bits per heavy atom. The number of nitrogens with one attached hydrogen (secondary N) is 1. The zero-order valence-electron chi connectivity index (χ0n) is 13.1. The standard InChI is InChI=1S/C18H16ClNO2S/c1-10-6-11(2)8-12(7-10)20-18(21)17-16(19)14-9-13(22-3)4-5-15(14)23-17/h4-9H,1-3H3,(H,20,21). The Hall–Kier alpha value is -2.04. The predicted molar refractivity (Wildman–Crippen MR) is 97.3 cm³/mol. The van der Waals surface area contributed by atoms with Gasteiger partial charge in [-0.3, -0.25) is 4.79 Å². The molecule has 0 saturated heterocycles. The zero-order valence-corrected chi connectivity index (χ0v) is 14.6. The average Bonchev–Trinajstić information content (AvgIpc) is 2.83. The van der Waals surface area contributed by atoms with Crippen LogP contribution in [-0.2, 0) is 0 Å². The monoisotopic (exact) mass is 345 g/mol. The van der Waals surface area contributed by atoms with E-state index in [4.69, 9.17) is 16.3 Å². The lowest BCUT2D eigenvalue weighted by Crippen LogP contribution is -2.10. The lowest BCUT2D eigenvalue weighted by Gasteiger charge is -2.06. The molecule has 3 rings (SSSR count). The number of halogens is 1. The molecule has 3 nitrogen and oxygen atoms in total. The highest BCUT2D eigenvalue weighted by Gasteiger charge is 2.18. The number of carbonyl (C=O) groups excluding carboxylic acids is 1. The third-order valence-electron chi connectivity index (χ3n) is 3.52. The van der Waals surface area contributed by atoms with Gasteiger partial charge >= 0.3 is 0 Å². The number of carbonyl (C=O) groups is 1. The topological polar surface area (TPSA) is 38.3 Å². The third kappa shape index (κ3) is 3.19. The Morgan fingerprint density at radius 2 is 1.83 bits per heavy atom. The Bertz CT molecular complexity index is 881. The fraction of sp³-hybridized carbons (Fsp3) is 0.167. The van der Waals surface area contributed by atoms with Gasteiger partial charge in [0.2, 0.25) is 0 Å². The number of aryl methyl sites for hydroxylation is 2. The lowest BCUT2D eigenvalue weighted by atomic mass is 10.1. The van der Waals surface area contributed by atoms with Crippen molar-refractivity contribution >= 4 is 44.6 Å². The Kier molecular flexibility index (Phi) is 4.28. The van der Waals surface area contributed by atoms with Gasteiger partial charge in [0.15, 0.2) is 0 Å². The minimum absolute atomic E-state index is 0.194. The van der Waals surface area contributed by atoms with Crippen LogP contribution in [-0.4, -0.2) is 13.0 Å². The second-order valence-corrected chi connectivity index (χ2v) is 6.87. The number of thiophene rings is 1. The molecule has 0 saturated carbocycles. The highest BCUT2D eigenvalue weighted by atomic mass is 35.5. The minimum Gasteiger partial charge on any atom is -0.497 e. The van der Waals surface area contributed by atoms with Crippen LogP contribution in [0.25, 0.3) is 10.1 Å². The lowest BCUT2D eigenvalue weighted by molar-refractivity contribution is 0.103. The predicted octanol–water partition coefficient (Wildman–Crippen LogP) is 5.43. The summed E-state index contributed by atoms with van der Waals surface area (Å²) in [7, 11) is 1.61. The summed E-state index contributed by atoms with van der Waals surface area (Å²) >= 11 is 7.78. The molecule has 1 heterocycles. The Labute approximate surface area is 143 Å². The molecule has 0 radical (unpaired) electrons. The van der Waals surface area contributed by atoms with Crippen LogP contribution in [0.3, 0.4) is 0 Å². The molecule has 0 atom stereocenters. The van der Waals surface area contributed by atoms with Gasteiger partial charge in [-0.15, -0.1) is 11.3 Å². The van der Waals surface area contributed by atoms with E-state index in [0.717, 1.165) is 32.6 Å². The highest BCUT2D eigenvalue weighted by Crippen LogP contribution is 2.37. The molecule has 1 aromatic heterocycles. The molecular formula is C18H16ClNO2S. The molecule has 1 amide bonds. The van der Waals surface area contributed by atoms with E-state index in [9.17, 15) is 4.79 Å². The number of fused-ring (bicyclic) bond motifs is 1. The van der Waals surface area contributed by atoms with Crippen molar-refractivity contribution in [3.63, 3.8) is 0 Å². The number of hydrogen-bond acceptors (Lipinski definition) is 3.